The number of halogens is 3. The predicted molar refractivity (Wildman–Crippen MR) is 49.1 cm³/mol. The number of alkyl halides is 1. The van der Waals surface area contributed by atoms with Gasteiger partial charge in [-0.1, -0.05) is 0 Å². The molecule has 0 radical (unpaired) electrons. The molecule has 0 N–H and O–H groups in total. The van der Waals surface area contributed by atoms with Gasteiger partial charge in [0, 0.05) is 11.9 Å². The third-order valence-electron chi connectivity index (χ3n) is 1.57. The lowest BCUT2D eigenvalue weighted by atomic mass is 10.3. The Bertz CT molecular complexity index is 431. The molecule has 0 aromatic heterocycles. The van der Waals surface area contributed by atoms with Crippen molar-refractivity contribution in [2.45, 2.75) is 4.90 Å². The standard InChI is InChI=1S/C8H7ClF2O2S/c9-3-4-14(12,13)8-2-1-6(10)5-7(8)11/h1-2,5H,3-4H2. The van der Waals surface area contributed by atoms with Crippen LogP contribution in [0.5, 0.6) is 0 Å². The van der Waals surface area contributed by atoms with E-state index in [4.69, 9.17) is 11.6 Å². The average molecular weight is 241 g/mol. The highest BCUT2D eigenvalue weighted by atomic mass is 35.5. The molecule has 0 heterocycles. The van der Waals surface area contributed by atoms with E-state index in [2.05, 4.69) is 0 Å². The van der Waals surface area contributed by atoms with Gasteiger partial charge in [-0.15, -0.1) is 11.6 Å². The maximum absolute atomic E-state index is 13.0. The second-order valence-electron chi connectivity index (χ2n) is 2.58. The van der Waals surface area contributed by atoms with Crippen LogP contribution in [0.15, 0.2) is 23.1 Å². The van der Waals surface area contributed by atoms with Crippen LogP contribution in [0.25, 0.3) is 0 Å². The molecule has 0 spiro atoms. The van der Waals surface area contributed by atoms with E-state index < -0.39 is 26.4 Å². The lowest BCUT2D eigenvalue weighted by molar-refractivity contribution is 0.549. The molecule has 0 amide bonds. The number of hydrogen-bond donors (Lipinski definition) is 0. The van der Waals surface area contributed by atoms with Crippen molar-refractivity contribution in [2.75, 3.05) is 11.6 Å². The molecule has 1 rings (SSSR count). The molecule has 0 bridgehead atoms. The van der Waals surface area contributed by atoms with Crippen LogP contribution in [-0.4, -0.2) is 20.1 Å². The molecular formula is C8H7ClF2O2S. The Morgan fingerprint density at radius 2 is 1.93 bits per heavy atom. The fraction of sp³-hybridized carbons (Fsp3) is 0.250. The van der Waals surface area contributed by atoms with Gasteiger partial charge < -0.3 is 0 Å². The Kier molecular flexibility index (Phi) is 3.44. The second-order valence-corrected chi connectivity index (χ2v) is 5.04. The normalized spacial score (nSPS) is 11.6. The van der Waals surface area contributed by atoms with E-state index in [0.717, 1.165) is 12.1 Å². The van der Waals surface area contributed by atoms with E-state index >= 15 is 0 Å². The van der Waals surface area contributed by atoms with Crippen molar-refractivity contribution in [1.82, 2.24) is 0 Å². The third kappa shape index (κ3) is 2.42. The molecule has 0 aliphatic heterocycles. The first-order valence-electron chi connectivity index (χ1n) is 3.71. The molecule has 0 saturated heterocycles. The summed E-state index contributed by atoms with van der Waals surface area (Å²) in [5, 5.41) is 0. The van der Waals surface area contributed by atoms with Crippen LogP contribution in [0.4, 0.5) is 8.78 Å². The van der Waals surface area contributed by atoms with E-state index in [0.29, 0.717) is 6.07 Å². The molecular weight excluding hydrogens is 234 g/mol. The largest absolute Gasteiger partial charge is 0.224 e. The predicted octanol–water partition coefficient (Wildman–Crippen LogP) is 1.98. The number of benzene rings is 1. The van der Waals surface area contributed by atoms with Gasteiger partial charge in [0.05, 0.1) is 5.75 Å². The summed E-state index contributed by atoms with van der Waals surface area (Å²) in [5.41, 5.74) is 0. The van der Waals surface area contributed by atoms with Crippen LogP contribution >= 0.6 is 11.6 Å². The smallest absolute Gasteiger partial charge is 0.182 e. The molecule has 1 aromatic carbocycles. The van der Waals surface area contributed by atoms with Gasteiger partial charge >= 0.3 is 0 Å². The third-order valence-corrected chi connectivity index (χ3v) is 3.73. The summed E-state index contributed by atoms with van der Waals surface area (Å²) in [6, 6.07) is 2.32. The van der Waals surface area contributed by atoms with Gasteiger partial charge in [0.25, 0.3) is 0 Å². The van der Waals surface area contributed by atoms with Gasteiger partial charge in [-0.2, -0.15) is 0 Å². The van der Waals surface area contributed by atoms with Crippen molar-refractivity contribution < 1.29 is 17.2 Å². The van der Waals surface area contributed by atoms with Crippen LogP contribution in [0.2, 0.25) is 0 Å². The maximum atomic E-state index is 13.0. The highest BCUT2D eigenvalue weighted by Crippen LogP contribution is 2.16. The molecule has 6 heteroatoms. The summed E-state index contributed by atoms with van der Waals surface area (Å²) in [7, 11) is -3.73. The molecule has 0 atom stereocenters. The highest BCUT2D eigenvalue weighted by molar-refractivity contribution is 7.91. The van der Waals surface area contributed by atoms with Crippen molar-refractivity contribution in [2.24, 2.45) is 0 Å². The van der Waals surface area contributed by atoms with Crippen LogP contribution < -0.4 is 0 Å². The van der Waals surface area contributed by atoms with E-state index in [1.165, 1.54) is 0 Å². The van der Waals surface area contributed by atoms with Gasteiger partial charge in [0.2, 0.25) is 0 Å². The average Bonchev–Trinajstić information content (AvgIpc) is 2.02. The molecule has 14 heavy (non-hydrogen) atoms. The first-order chi connectivity index (χ1) is 6.47. The summed E-state index contributed by atoms with van der Waals surface area (Å²) in [6.45, 7) is 0. The van der Waals surface area contributed by atoms with Gasteiger partial charge in [-0.05, 0) is 12.1 Å². The quantitative estimate of drug-likeness (QED) is 0.598. The van der Waals surface area contributed by atoms with Crippen molar-refractivity contribution >= 4 is 21.4 Å². The Labute approximate surface area is 85.4 Å². The van der Waals surface area contributed by atoms with Crippen LogP contribution in [0.3, 0.4) is 0 Å². The summed E-state index contributed by atoms with van der Waals surface area (Å²) < 4.78 is 48.1. The monoisotopic (exact) mass is 240 g/mol. The van der Waals surface area contributed by atoms with Crippen LogP contribution in [-0.2, 0) is 9.84 Å². The van der Waals surface area contributed by atoms with E-state index in [1.54, 1.807) is 0 Å². The Morgan fingerprint density at radius 1 is 1.29 bits per heavy atom. The Morgan fingerprint density at radius 3 is 2.43 bits per heavy atom. The van der Waals surface area contributed by atoms with Crippen molar-refractivity contribution in [3.63, 3.8) is 0 Å². The zero-order chi connectivity index (χ0) is 10.8. The minimum Gasteiger partial charge on any atom is -0.224 e. The summed E-state index contributed by atoms with van der Waals surface area (Å²) >= 11 is 5.24. The van der Waals surface area contributed by atoms with Crippen LogP contribution in [0.1, 0.15) is 0 Å². The number of hydrogen-bond acceptors (Lipinski definition) is 2. The second kappa shape index (κ2) is 4.23. The topological polar surface area (TPSA) is 34.1 Å². The SMILES string of the molecule is O=S(=O)(CCCl)c1ccc(F)cc1F. The van der Waals surface area contributed by atoms with Gasteiger partial charge in [-0.25, -0.2) is 17.2 Å². The zero-order valence-electron chi connectivity index (χ0n) is 7.00. The molecule has 0 saturated carbocycles. The van der Waals surface area contributed by atoms with E-state index in [-0.39, 0.29) is 11.6 Å². The molecule has 0 aliphatic carbocycles. The molecule has 2 nitrogen and oxygen atoms in total. The maximum Gasteiger partial charge on any atom is 0.182 e. The minimum absolute atomic E-state index is 0.126. The summed E-state index contributed by atoms with van der Waals surface area (Å²) in [4.78, 5) is -0.514. The minimum atomic E-state index is -3.73. The number of rotatable bonds is 3. The van der Waals surface area contributed by atoms with Crippen molar-refractivity contribution in [3.05, 3.63) is 29.8 Å². The fourth-order valence-corrected chi connectivity index (χ4v) is 2.60. The molecule has 0 aliphatic rings. The molecule has 1 aromatic rings. The van der Waals surface area contributed by atoms with Crippen LogP contribution in [0, 0.1) is 11.6 Å². The lowest BCUT2D eigenvalue weighted by Crippen LogP contribution is -2.10. The van der Waals surface area contributed by atoms with Gasteiger partial charge in [0.1, 0.15) is 16.5 Å². The first-order valence-corrected chi connectivity index (χ1v) is 5.90. The summed E-state index contributed by atoms with van der Waals surface area (Å²) in [6.07, 6.45) is 0. The Hall–Kier alpha value is -0.680. The summed E-state index contributed by atoms with van der Waals surface area (Å²) in [5.74, 6) is -2.39. The zero-order valence-corrected chi connectivity index (χ0v) is 8.58. The fourth-order valence-electron chi connectivity index (χ4n) is 0.939. The van der Waals surface area contributed by atoms with Gasteiger partial charge in [0.15, 0.2) is 9.84 Å². The van der Waals surface area contributed by atoms with E-state index in [9.17, 15) is 17.2 Å². The molecule has 78 valence electrons. The number of sulfone groups is 1. The highest BCUT2D eigenvalue weighted by Gasteiger charge is 2.18. The molecule has 0 fully saturated rings. The van der Waals surface area contributed by atoms with E-state index in [1.807, 2.05) is 0 Å². The lowest BCUT2D eigenvalue weighted by Gasteiger charge is -2.03. The Balaban J connectivity index is 3.20. The first kappa shape index (κ1) is 11.4. The van der Waals surface area contributed by atoms with Crippen molar-refractivity contribution in [1.29, 1.82) is 0 Å². The molecule has 0 unspecified atom stereocenters. The van der Waals surface area contributed by atoms with Crippen molar-refractivity contribution in [3.8, 4) is 0 Å². The van der Waals surface area contributed by atoms with Gasteiger partial charge in [-0.3, -0.25) is 0 Å².